The molecule has 0 aromatic carbocycles. The Labute approximate surface area is 403 Å². The van der Waals surface area contributed by atoms with Gasteiger partial charge < -0.3 is 28.5 Å². The Balaban J connectivity index is 4.47. The Kier molecular flexibility index (Phi) is 44.5. The molecule has 0 aromatic rings. The van der Waals surface area contributed by atoms with Gasteiger partial charge in [-0.05, 0) is 103 Å². The number of quaternary nitrogens is 1. The Hall–Kier alpha value is -4.05. The highest BCUT2D eigenvalue weighted by atomic mass is 16.7. The van der Waals surface area contributed by atoms with E-state index in [1.165, 1.54) is 32.1 Å². The van der Waals surface area contributed by atoms with Crippen LogP contribution in [0.3, 0.4) is 0 Å². The molecule has 66 heavy (non-hydrogen) atoms. The van der Waals surface area contributed by atoms with Gasteiger partial charge in [0, 0.05) is 12.8 Å². The standard InChI is InChI=1S/C57H93NO8/c1-6-8-10-12-14-16-18-20-22-24-25-26-27-28-29-30-31-32-34-36-38-40-42-44-46-48-55(60)66-53(52-65-57(56(61)62)63-50-49-58(3,4)5)51-64-54(59)47-45-43-41-39-37-35-33-23-21-19-17-15-13-11-9-7-2/h8,10,14,16-17,19-20,22-23,25-26,28-29,31-33,36,38,53,57H,6-7,9,11-13,15,18,21,24,27,30,34-35,37,39-52H2,1-5H3/p+1/b10-8-,16-14-,19-17-,22-20-,26-25-,29-28-,32-31-,33-23-,38-36-. The van der Waals surface area contributed by atoms with E-state index in [1.54, 1.807) is 0 Å². The zero-order valence-corrected chi connectivity index (χ0v) is 42.3. The number of likely N-dealkylation sites (N-methyl/N-ethyl adjacent to an activating group) is 1. The molecule has 0 aromatic heterocycles. The van der Waals surface area contributed by atoms with Gasteiger partial charge in [-0.25, -0.2) is 4.79 Å². The maximum absolute atomic E-state index is 12.8. The lowest BCUT2D eigenvalue weighted by Crippen LogP contribution is -2.40. The minimum absolute atomic E-state index is 0.172. The van der Waals surface area contributed by atoms with E-state index in [1.807, 2.05) is 21.1 Å². The monoisotopic (exact) mass is 921 g/mol. The van der Waals surface area contributed by atoms with Gasteiger partial charge in [-0.2, -0.15) is 0 Å². The first-order valence-corrected chi connectivity index (χ1v) is 25.6. The van der Waals surface area contributed by atoms with Crippen LogP contribution in [0.15, 0.2) is 109 Å². The summed E-state index contributed by atoms with van der Waals surface area (Å²) in [6, 6.07) is 0. The van der Waals surface area contributed by atoms with Crippen LogP contribution in [-0.2, 0) is 33.3 Å². The molecule has 0 amide bonds. The molecule has 0 saturated heterocycles. The summed E-state index contributed by atoms with van der Waals surface area (Å²) < 4.78 is 22.7. The molecule has 0 rings (SSSR count). The minimum Gasteiger partial charge on any atom is -0.477 e. The van der Waals surface area contributed by atoms with Gasteiger partial charge in [0.1, 0.15) is 13.2 Å². The number of hydrogen-bond acceptors (Lipinski definition) is 7. The van der Waals surface area contributed by atoms with E-state index in [0.29, 0.717) is 17.4 Å². The summed E-state index contributed by atoms with van der Waals surface area (Å²) in [5.41, 5.74) is 0. The van der Waals surface area contributed by atoms with Gasteiger partial charge in [0.2, 0.25) is 0 Å². The van der Waals surface area contributed by atoms with Crippen LogP contribution in [0, 0.1) is 0 Å². The molecule has 0 heterocycles. The van der Waals surface area contributed by atoms with Crippen LogP contribution >= 0.6 is 0 Å². The van der Waals surface area contributed by atoms with Gasteiger partial charge in [-0.15, -0.1) is 0 Å². The molecule has 0 saturated carbocycles. The second kappa shape index (κ2) is 47.4. The molecule has 0 bridgehead atoms. The number of carbonyl (C=O) groups excluding carboxylic acids is 2. The third kappa shape index (κ3) is 47.9. The molecule has 9 heteroatoms. The van der Waals surface area contributed by atoms with Gasteiger partial charge in [0.15, 0.2) is 6.10 Å². The molecule has 0 radical (unpaired) electrons. The fourth-order valence-corrected chi connectivity index (χ4v) is 6.31. The third-order valence-electron chi connectivity index (χ3n) is 10.3. The summed E-state index contributed by atoms with van der Waals surface area (Å²) in [5.74, 6) is -2.09. The molecule has 9 nitrogen and oxygen atoms in total. The molecule has 2 atom stereocenters. The van der Waals surface area contributed by atoms with Crippen LogP contribution in [0.4, 0.5) is 0 Å². The van der Waals surface area contributed by atoms with Gasteiger partial charge >= 0.3 is 17.9 Å². The molecule has 0 aliphatic carbocycles. The van der Waals surface area contributed by atoms with Crippen molar-refractivity contribution in [2.45, 2.75) is 187 Å². The van der Waals surface area contributed by atoms with Crippen molar-refractivity contribution in [2.24, 2.45) is 0 Å². The SMILES string of the molecule is CC/C=C\C/C=C\C/C=C\C/C=C\C/C=C\C/C=C\C/C=C\CCCCCC(=O)OC(COC(=O)CCCCCCC/C=C\C/C=C\CCCCCC)COC(OCC[N+](C)(C)C)C(=O)O. The van der Waals surface area contributed by atoms with Crippen molar-refractivity contribution in [1.29, 1.82) is 0 Å². The van der Waals surface area contributed by atoms with Crippen LogP contribution in [-0.4, -0.2) is 87.4 Å². The summed E-state index contributed by atoms with van der Waals surface area (Å²) >= 11 is 0. The first-order chi connectivity index (χ1) is 32.1. The lowest BCUT2D eigenvalue weighted by Gasteiger charge is -2.25. The van der Waals surface area contributed by atoms with Crippen LogP contribution < -0.4 is 0 Å². The number of esters is 2. The van der Waals surface area contributed by atoms with Crippen LogP contribution in [0.1, 0.15) is 174 Å². The summed E-state index contributed by atoms with van der Waals surface area (Å²) in [5, 5.41) is 9.67. The first kappa shape index (κ1) is 62.0. The fraction of sp³-hybridized carbons (Fsp3) is 0.632. The van der Waals surface area contributed by atoms with Crippen molar-refractivity contribution in [3.63, 3.8) is 0 Å². The van der Waals surface area contributed by atoms with Crippen LogP contribution in [0.2, 0.25) is 0 Å². The summed E-state index contributed by atoms with van der Waals surface area (Å²) in [4.78, 5) is 37.3. The fourth-order valence-electron chi connectivity index (χ4n) is 6.31. The Morgan fingerprint density at radius 1 is 0.470 bits per heavy atom. The van der Waals surface area contributed by atoms with Crippen LogP contribution in [0.25, 0.3) is 0 Å². The number of allylic oxidation sites excluding steroid dienone is 18. The number of carbonyl (C=O) groups is 3. The van der Waals surface area contributed by atoms with Gasteiger partial charge in [-0.1, -0.05) is 168 Å². The summed E-state index contributed by atoms with van der Waals surface area (Å²) in [6.07, 6.45) is 61.5. The molecule has 0 aliphatic rings. The Morgan fingerprint density at radius 3 is 1.30 bits per heavy atom. The summed E-state index contributed by atoms with van der Waals surface area (Å²) in [7, 11) is 5.93. The van der Waals surface area contributed by atoms with E-state index in [-0.39, 0.29) is 38.6 Å². The van der Waals surface area contributed by atoms with Crippen molar-refractivity contribution in [3.05, 3.63) is 109 Å². The van der Waals surface area contributed by atoms with Crippen LogP contribution in [0.5, 0.6) is 0 Å². The second-order valence-electron chi connectivity index (χ2n) is 17.7. The topological polar surface area (TPSA) is 108 Å². The normalized spacial score (nSPS) is 13.8. The lowest BCUT2D eigenvalue weighted by atomic mass is 10.1. The average Bonchev–Trinajstić information content (AvgIpc) is 3.28. The highest BCUT2D eigenvalue weighted by Gasteiger charge is 2.25. The van der Waals surface area contributed by atoms with Crippen molar-refractivity contribution in [3.8, 4) is 0 Å². The highest BCUT2D eigenvalue weighted by molar-refractivity contribution is 5.71. The van der Waals surface area contributed by atoms with Gasteiger partial charge in [-0.3, -0.25) is 9.59 Å². The molecule has 0 spiro atoms. The molecular formula is C57H94NO8+. The van der Waals surface area contributed by atoms with E-state index < -0.39 is 24.3 Å². The third-order valence-corrected chi connectivity index (χ3v) is 10.3. The first-order valence-electron chi connectivity index (χ1n) is 25.6. The second-order valence-corrected chi connectivity index (χ2v) is 17.7. The highest BCUT2D eigenvalue weighted by Crippen LogP contribution is 2.12. The number of rotatable bonds is 45. The van der Waals surface area contributed by atoms with Crippen molar-refractivity contribution < 1.29 is 42.9 Å². The number of unbranched alkanes of at least 4 members (excludes halogenated alkanes) is 12. The zero-order chi connectivity index (χ0) is 48.4. The van der Waals surface area contributed by atoms with E-state index in [2.05, 4.69) is 123 Å². The number of carboxylic acids is 1. The minimum atomic E-state index is -1.53. The van der Waals surface area contributed by atoms with Crippen molar-refractivity contribution in [1.82, 2.24) is 0 Å². The molecule has 0 aliphatic heterocycles. The Morgan fingerprint density at radius 2 is 0.864 bits per heavy atom. The number of ether oxygens (including phenoxy) is 4. The molecular weight excluding hydrogens is 827 g/mol. The number of nitrogens with zero attached hydrogens (tertiary/aromatic N) is 1. The van der Waals surface area contributed by atoms with Gasteiger partial charge in [0.05, 0.1) is 34.4 Å². The van der Waals surface area contributed by atoms with E-state index >= 15 is 0 Å². The lowest BCUT2D eigenvalue weighted by molar-refractivity contribution is -0.870. The number of hydrogen-bond donors (Lipinski definition) is 1. The largest absolute Gasteiger partial charge is 0.477 e. The van der Waals surface area contributed by atoms with E-state index in [4.69, 9.17) is 18.9 Å². The predicted octanol–water partition coefficient (Wildman–Crippen LogP) is 14.4. The molecule has 2 unspecified atom stereocenters. The smallest absolute Gasteiger partial charge is 0.361 e. The van der Waals surface area contributed by atoms with E-state index in [9.17, 15) is 19.5 Å². The Bertz CT molecular complexity index is 1440. The maximum atomic E-state index is 12.8. The average molecular weight is 921 g/mol. The quantitative estimate of drug-likeness (QED) is 0.0212. The molecule has 1 N–H and O–H groups in total. The maximum Gasteiger partial charge on any atom is 0.361 e. The predicted molar refractivity (Wildman–Crippen MR) is 276 cm³/mol. The molecule has 374 valence electrons. The number of aliphatic carboxylic acids is 1. The van der Waals surface area contributed by atoms with E-state index in [0.717, 1.165) is 109 Å². The van der Waals surface area contributed by atoms with Crippen molar-refractivity contribution in [2.75, 3.05) is 47.5 Å². The van der Waals surface area contributed by atoms with Crippen molar-refractivity contribution >= 4 is 17.9 Å². The molecule has 0 fully saturated rings. The zero-order valence-electron chi connectivity index (χ0n) is 42.3. The number of carboxylic acid groups (broad SMARTS) is 1. The van der Waals surface area contributed by atoms with Gasteiger partial charge in [0.25, 0.3) is 6.29 Å². The summed E-state index contributed by atoms with van der Waals surface area (Å²) in [6.45, 7) is 4.66.